The molecule has 1 aliphatic heterocycles. The van der Waals surface area contributed by atoms with Crippen molar-refractivity contribution in [3.8, 4) is 6.07 Å². The van der Waals surface area contributed by atoms with Gasteiger partial charge < -0.3 is 15.5 Å². The second kappa shape index (κ2) is 8.81. The maximum absolute atomic E-state index is 12.4. The number of piperidine rings is 1. The average Bonchev–Trinajstić information content (AvgIpc) is 2.62. The molecule has 1 fully saturated rings. The summed E-state index contributed by atoms with van der Waals surface area (Å²) in [5, 5.41) is 15.1. The van der Waals surface area contributed by atoms with Crippen LogP contribution >= 0.6 is 0 Å². The quantitative estimate of drug-likeness (QED) is 0.709. The highest BCUT2D eigenvalue weighted by Crippen LogP contribution is 2.15. The highest BCUT2D eigenvalue weighted by Gasteiger charge is 2.33. The van der Waals surface area contributed by atoms with Crippen LogP contribution in [-0.4, -0.2) is 37.0 Å². The van der Waals surface area contributed by atoms with Crippen LogP contribution in [0.2, 0.25) is 0 Å². The normalized spacial score (nSPS) is 22.1. The highest BCUT2D eigenvalue weighted by molar-refractivity contribution is 5.92. The van der Waals surface area contributed by atoms with Crippen molar-refractivity contribution in [2.24, 2.45) is 11.8 Å². The monoisotopic (exact) mass is 357 g/mol. The van der Waals surface area contributed by atoms with Gasteiger partial charge in [-0.15, -0.1) is 0 Å². The highest BCUT2D eigenvalue weighted by atomic mass is 16.2. The molecule has 0 aromatic heterocycles. The third-order valence-electron chi connectivity index (χ3n) is 5.30. The van der Waals surface area contributed by atoms with Gasteiger partial charge in [0.15, 0.2) is 6.54 Å². The summed E-state index contributed by atoms with van der Waals surface area (Å²) in [6, 6.07) is 11.7. The van der Waals surface area contributed by atoms with Gasteiger partial charge in [0.05, 0.1) is 19.2 Å². The Hall–Kier alpha value is -2.39. The van der Waals surface area contributed by atoms with Crippen molar-refractivity contribution in [3.63, 3.8) is 0 Å². The van der Waals surface area contributed by atoms with Crippen molar-refractivity contribution in [1.29, 1.82) is 5.26 Å². The van der Waals surface area contributed by atoms with Gasteiger partial charge in [-0.05, 0) is 25.0 Å². The van der Waals surface area contributed by atoms with Crippen LogP contribution in [0.1, 0.15) is 33.6 Å². The van der Waals surface area contributed by atoms with E-state index in [0.717, 1.165) is 36.5 Å². The molecule has 3 N–H and O–H groups in total. The van der Waals surface area contributed by atoms with Gasteiger partial charge in [0.25, 0.3) is 5.91 Å². The van der Waals surface area contributed by atoms with E-state index in [9.17, 15) is 14.9 Å². The summed E-state index contributed by atoms with van der Waals surface area (Å²) < 4.78 is 0. The molecule has 6 heteroatoms. The fourth-order valence-electron chi connectivity index (χ4n) is 3.09. The number of hydrogen-bond acceptors (Lipinski definition) is 3. The fraction of sp³-hybridized carbons (Fsp3) is 0.550. The fourth-order valence-corrected chi connectivity index (χ4v) is 3.09. The second-order valence-electron chi connectivity index (χ2n) is 7.57. The van der Waals surface area contributed by atoms with Crippen LogP contribution in [0.25, 0.3) is 0 Å². The van der Waals surface area contributed by atoms with Gasteiger partial charge in [-0.2, -0.15) is 5.26 Å². The van der Waals surface area contributed by atoms with Crippen molar-refractivity contribution in [3.05, 3.63) is 30.3 Å². The number of likely N-dealkylation sites (tertiary alicyclic amines) is 1. The van der Waals surface area contributed by atoms with Crippen molar-refractivity contribution in [2.75, 3.05) is 25.0 Å². The molecule has 1 aromatic rings. The van der Waals surface area contributed by atoms with E-state index in [4.69, 9.17) is 0 Å². The summed E-state index contributed by atoms with van der Waals surface area (Å²) in [6.07, 6.45) is 1.53. The number of para-hydroxylation sites is 1. The lowest BCUT2D eigenvalue weighted by Crippen LogP contribution is -3.14. The molecular weight excluding hydrogens is 328 g/mol. The third kappa shape index (κ3) is 5.30. The first kappa shape index (κ1) is 19.9. The van der Waals surface area contributed by atoms with Gasteiger partial charge >= 0.3 is 0 Å². The first-order valence-electron chi connectivity index (χ1n) is 9.26. The Kier molecular flexibility index (Phi) is 6.76. The Morgan fingerprint density at radius 1 is 1.27 bits per heavy atom. The van der Waals surface area contributed by atoms with Gasteiger partial charge in [-0.25, -0.2) is 0 Å². The Morgan fingerprint density at radius 2 is 1.88 bits per heavy atom. The molecule has 2 rings (SSSR count). The van der Waals surface area contributed by atoms with Gasteiger partial charge in [-0.3, -0.25) is 9.59 Å². The van der Waals surface area contributed by atoms with Gasteiger partial charge in [-0.1, -0.05) is 32.0 Å². The smallest absolute Gasteiger partial charge is 0.276 e. The van der Waals surface area contributed by atoms with Crippen molar-refractivity contribution in [1.82, 2.24) is 5.32 Å². The molecule has 6 nitrogen and oxygen atoms in total. The van der Waals surface area contributed by atoms with Crippen LogP contribution in [0.3, 0.4) is 0 Å². The molecule has 26 heavy (non-hydrogen) atoms. The number of carbonyl (C=O) groups excluding carboxylic acids is 2. The van der Waals surface area contributed by atoms with Crippen LogP contribution < -0.4 is 15.5 Å². The Morgan fingerprint density at radius 3 is 2.42 bits per heavy atom. The van der Waals surface area contributed by atoms with E-state index in [2.05, 4.69) is 16.7 Å². The standard InChI is InChI=1S/C20H28N4O2/c1-15(2)20(3,14-21)23-18(25)13-24-11-9-16(10-12-24)19(26)22-17-7-5-4-6-8-17/h4-8,15-16H,9-13H2,1-3H3,(H,22,26)(H,23,25)/p+1/t20-/m0/s1. The molecule has 0 bridgehead atoms. The zero-order valence-electron chi connectivity index (χ0n) is 15.8. The Labute approximate surface area is 155 Å². The number of nitrogens with zero attached hydrogens (tertiary/aromatic N) is 1. The molecule has 1 aromatic carbocycles. The molecule has 1 saturated heterocycles. The number of amides is 2. The zero-order chi connectivity index (χ0) is 19.2. The largest absolute Gasteiger partial charge is 0.333 e. The van der Waals surface area contributed by atoms with Crippen LogP contribution in [-0.2, 0) is 9.59 Å². The molecule has 0 saturated carbocycles. The lowest BCUT2D eigenvalue weighted by Gasteiger charge is -2.31. The Bertz CT molecular complexity index is 660. The van der Waals surface area contributed by atoms with E-state index in [1.165, 1.54) is 0 Å². The minimum atomic E-state index is -0.843. The van der Waals surface area contributed by atoms with Crippen molar-refractivity contribution < 1.29 is 14.5 Å². The van der Waals surface area contributed by atoms with Gasteiger partial charge in [0.1, 0.15) is 5.54 Å². The van der Waals surface area contributed by atoms with Crippen LogP contribution in [0.15, 0.2) is 30.3 Å². The predicted octanol–water partition coefficient (Wildman–Crippen LogP) is 0.974. The van der Waals surface area contributed by atoms with E-state index >= 15 is 0 Å². The minimum Gasteiger partial charge on any atom is -0.333 e. The summed E-state index contributed by atoms with van der Waals surface area (Å²) in [6.45, 7) is 7.51. The van der Waals surface area contributed by atoms with Crippen molar-refractivity contribution >= 4 is 17.5 Å². The van der Waals surface area contributed by atoms with E-state index in [-0.39, 0.29) is 23.7 Å². The van der Waals surface area contributed by atoms with E-state index in [1.54, 1.807) is 6.92 Å². The van der Waals surface area contributed by atoms with Crippen LogP contribution in [0, 0.1) is 23.2 Å². The number of rotatable bonds is 6. The molecule has 1 atom stereocenters. The third-order valence-corrected chi connectivity index (χ3v) is 5.30. The molecule has 0 spiro atoms. The summed E-state index contributed by atoms with van der Waals surface area (Å²) in [5.74, 6) is -0.0255. The lowest BCUT2D eigenvalue weighted by molar-refractivity contribution is -0.897. The number of nitrogens with one attached hydrogen (secondary N) is 3. The summed E-state index contributed by atoms with van der Waals surface area (Å²) >= 11 is 0. The number of carbonyl (C=O) groups is 2. The van der Waals surface area contributed by atoms with E-state index < -0.39 is 5.54 Å². The van der Waals surface area contributed by atoms with Crippen LogP contribution in [0.4, 0.5) is 5.69 Å². The lowest BCUT2D eigenvalue weighted by atomic mass is 9.90. The second-order valence-corrected chi connectivity index (χ2v) is 7.57. The van der Waals surface area contributed by atoms with E-state index in [1.807, 2.05) is 44.2 Å². The average molecular weight is 357 g/mol. The maximum Gasteiger partial charge on any atom is 0.276 e. The summed E-state index contributed by atoms with van der Waals surface area (Å²) in [5.41, 5.74) is -0.0270. The summed E-state index contributed by atoms with van der Waals surface area (Å²) in [4.78, 5) is 25.8. The number of hydrogen-bond donors (Lipinski definition) is 3. The maximum atomic E-state index is 12.4. The molecule has 0 aliphatic carbocycles. The molecule has 0 radical (unpaired) electrons. The predicted molar refractivity (Wildman–Crippen MR) is 100 cm³/mol. The topological polar surface area (TPSA) is 86.4 Å². The van der Waals surface area contributed by atoms with Crippen molar-refractivity contribution in [2.45, 2.75) is 39.2 Å². The zero-order valence-corrected chi connectivity index (χ0v) is 15.8. The van der Waals surface area contributed by atoms with Crippen LogP contribution in [0.5, 0.6) is 0 Å². The van der Waals surface area contributed by atoms with E-state index in [0.29, 0.717) is 6.54 Å². The SMILES string of the molecule is CC(C)[C@](C)(C#N)NC(=O)C[NH+]1CCC(C(=O)Nc2ccccc2)CC1. The molecule has 0 unspecified atom stereocenters. The number of nitriles is 1. The Balaban J connectivity index is 1.78. The number of benzene rings is 1. The molecule has 1 aliphatic rings. The molecule has 1 heterocycles. The molecular formula is C20H29N4O2+. The molecule has 2 amide bonds. The van der Waals surface area contributed by atoms with Gasteiger partial charge in [0.2, 0.25) is 5.91 Å². The number of anilines is 1. The number of quaternary nitrogens is 1. The first-order valence-corrected chi connectivity index (χ1v) is 9.26. The summed E-state index contributed by atoms with van der Waals surface area (Å²) in [7, 11) is 0. The minimum absolute atomic E-state index is 0.0120. The van der Waals surface area contributed by atoms with Gasteiger partial charge in [0, 0.05) is 24.4 Å². The first-order chi connectivity index (χ1) is 12.3. The molecule has 140 valence electrons.